The second-order valence-corrected chi connectivity index (χ2v) is 4.46. The molecule has 0 atom stereocenters. The van der Waals surface area contributed by atoms with Crippen LogP contribution < -0.4 is 9.47 Å². The van der Waals surface area contributed by atoms with E-state index in [0.29, 0.717) is 25.0 Å². The van der Waals surface area contributed by atoms with Crippen LogP contribution in [0, 0.1) is 0 Å². The maximum atomic E-state index is 5.71. The maximum absolute atomic E-state index is 5.71. The minimum Gasteiger partial charge on any atom is -0.487 e. The molecule has 3 rings (SSSR count). The van der Waals surface area contributed by atoms with Gasteiger partial charge in [-0.15, -0.1) is 10.2 Å². The zero-order chi connectivity index (χ0) is 15.2. The number of aromatic nitrogens is 3. The smallest absolute Gasteiger partial charge is 0.247 e. The topological polar surface area (TPSA) is 70.3 Å². The summed E-state index contributed by atoms with van der Waals surface area (Å²) in [6.07, 6.45) is 1.30. The summed E-state index contributed by atoms with van der Waals surface area (Å²) >= 11 is 0. The minimum absolute atomic E-state index is 0.376. The monoisotopic (exact) mass is 297 g/mol. The van der Waals surface area contributed by atoms with Crippen LogP contribution in [0.4, 0.5) is 0 Å². The summed E-state index contributed by atoms with van der Waals surface area (Å²) < 4.78 is 16.2. The lowest BCUT2D eigenvalue weighted by atomic mass is 10.2. The number of ether oxygens (including phenoxy) is 2. The molecule has 1 aromatic carbocycles. The molecule has 0 saturated carbocycles. The Morgan fingerprint density at radius 3 is 2.64 bits per heavy atom. The lowest BCUT2D eigenvalue weighted by molar-refractivity contribution is 0.292. The van der Waals surface area contributed by atoms with Crippen molar-refractivity contribution in [3.63, 3.8) is 0 Å². The second kappa shape index (κ2) is 6.71. The molecule has 0 unspecified atom stereocenters. The molecule has 0 aliphatic carbocycles. The molecule has 3 aromatic rings. The first-order valence-electron chi connectivity index (χ1n) is 6.93. The lowest BCUT2D eigenvalue weighted by Crippen LogP contribution is -2.01. The zero-order valence-corrected chi connectivity index (χ0v) is 12.1. The summed E-state index contributed by atoms with van der Waals surface area (Å²) in [5, 5.41) is 7.51. The van der Waals surface area contributed by atoms with Gasteiger partial charge in [0.15, 0.2) is 0 Å². The third-order valence-corrected chi connectivity index (χ3v) is 2.92. The third kappa shape index (κ3) is 3.41. The van der Waals surface area contributed by atoms with Crippen molar-refractivity contribution >= 4 is 0 Å². The summed E-state index contributed by atoms with van der Waals surface area (Å²) in [5.41, 5.74) is 1.66. The summed E-state index contributed by atoms with van der Waals surface area (Å²) in [5.74, 6) is 1.83. The van der Waals surface area contributed by atoms with Crippen molar-refractivity contribution in [1.29, 1.82) is 0 Å². The van der Waals surface area contributed by atoms with E-state index in [1.165, 1.54) is 6.39 Å². The molecule has 2 aromatic heterocycles. The predicted octanol–water partition coefficient (Wildman–Crippen LogP) is 3.11. The van der Waals surface area contributed by atoms with Gasteiger partial charge in [-0.2, -0.15) is 0 Å². The highest BCUT2D eigenvalue weighted by molar-refractivity contribution is 5.53. The Bertz CT molecular complexity index is 712. The van der Waals surface area contributed by atoms with Crippen LogP contribution in [0.2, 0.25) is 0 Å². The Hall–Kier alpha value is -2.89. The van der Waals surface area contributed by atoms with Gasteiger partial charge in [-0.05, 0) is 37.3 Å². The fourth-order valence-electron chi connectivity index (χ4n) is 1.92. The van der Waals surface area contributed by atoms with E-state index in [0.717, 1.165) is 17.0 Å². The number of rotatable bonds is 6. The van der Waals surface area contributed by atoms with Crippen LogP contribution in [0.25, 0.3) is 11.5 Å². The van der Waals surface area contributed by atoms with E-state index in [1.54, 1.807) is 0 Å². The van der Waals surface area contributed by atoms with E-state index in [2.05, 4.69) is 15.2 Å². The molecule has 0 fully saturated rings. The average molecular weight is 297 g/mol. The van der Waals surface area contributed by atoms with E-state index < -0.39 is 0 Å². The standard InChI is InChI=1S/C16H15N3O3/c1-2-20-15-5-3-4-13(18-15)10-21-14-8-6-12(7-9-14)16-19-17-11-22-16/h3-9,11H,2,10H2,1H3. The van der Waals surface area contributed by atoms with Gasteiger partial charge >= 0.3 is 0 Å². The van der Waals surface area contributed by atoms with E-state index in [4.69, 9.17) is 13.9 Å². The van der Waals surface area contributed by atoms with Crippen molar-refractivity contribution in [2.45, 2.75) is 13.5 Å². The van der Waals surface area contributed by atoms with Crippen LogP contribution in [-0.2, 0) is 6.61 Å². The van der Waals surface area contributed by atoms with Gasteiger partial charge in [-0.3, -0.25) is 0 Å². The van der Waals surface area contributed by atoms with Gasteiger partial charge in [0, 0.05) is 11.6 Å². The summed E-state index contributed by atoms with van der Waals surface area (Å²) in [6, 6.07) is 13.1. The number of hydrogen-bond acceptors (Lipinski definition) is 6. The normalized spacial score (nSPS) is 10.4. The molecule has 0 radical (unpaired) electrons. The van der Waals surface area contributed by atoms with E-state index in [9.17, 15) is 0 Å². The van der Waals surface area contributed by atoms with Gasteiger partial charge < -0.3 is 13.9 Å². The van der Waals surface area contributed by atoms with Gasteiger partial charge in [-0.1, -0.05) is 6.07 Å². The highest BCUT2D eigenvalue weighted by Gasteiger charge is 2.04. The van der Waals surface area contributed by atoms with Crippen molar-refractivity contribution in [3.8, 4) is 23.1 Å². The largest absolute Gasteiger partial charge is 0.487 e. The molecule has 0 N–H and O–H groups in total. The Morgan fingerprint density at radius 2 is 1.91 bits per heavy atom. The molecule has 112 valence electrons. The Labute approximate surface area is 127 Å². The van der Waals surface area contributed by atoms with Crippen LogP contribution in [0.3, 0.4) is 0 Å². The van der Waals surface area contributed by atoms with E-state index in [1.807, 2.05) is 49.4 Å². The van der Waals surface area contributed by atoms with Crippen LogP contribution in [0.1, 0.15) is 12.6 Å². The van der Waals surface area contributed by atoms with Crippen molar-refractivity contribution in [1.82, 2.24) is 15.2 Å². The molecular formula is C16H15N3O3. The molecule has 2 heterocycles. The first-order chi connectivity index (χ1) is 10.8. The van der Waals surface area contributed by atoms with Crippen molar-refractivity contribution in [2.24, 2.45) is 0 Å². The SMILES string of the molecule is CCOc1cccc(COc2ccc(-c3nnco3)cc2)n1. The van der Waals surface area contributed by atoms with Crippen LogP contribution in [0.5, 0.6) is 11.6 Å². The van der Waals surface area contributed by atoms with Crippen molar-refractivity contribution < 1.29 is 13.9 Å². The minimum atomic E-state index is 0.376. The first kappa shape index (κ1) is 14.1. The fraction of sp³-hybridized carbons (Fsp3) is 0.188. The van der Waals surface area contributed by atoms with E-state index in [-0.39, 0.29) is 0 Å². The zero-order valence-electron chi connectivity index (χ0n) is 12.1. The van der Waals surface area contributed by atoms with Crippen LogP contribution in [0.15, 0.2) is 53.3 Å². The number of nitrogens with zero attached hydrogens (tertiary/aromatic N) is 3. The number of hydrogen-bond donors (Lipinski definition) is 0. The molecule has 6 heteroatoms. The van der Waals surface area contributed by atoms with Gasteiger partial charge in [0.1, 0.15) is 12.4 Å². The first-order valence-corrected chi connectivity index (χ1v) is 6.93. The second-order valence-electron chi connectivity index (χ2n) is 4.46. The van der Waals surface area contributed by atoms with Crippen LogP contribution >= 0.6 is 0 Å². The van der Waals surface area contributed by atoms with Gasteiger partial charge in [-0.25, -0.2) is 4.98 Å². The molecule has 6 nitrogen and oxygen atoms in total. The van der Waals surface area contributed by atoms with E-state index >= 15 is 0 Å². The highest BCUT2D eigenvalue weighted by Crippen LogP contribution is 2.21. The Balaban J connectivity index is 1.63. The summed E-state index contributed by atoms with van der Waals surface area (Å²) in [4.78, 5) is 4.36. The highest BCUT2D eigenvalue weighted by atomic mass is 16.5. The molecule has 0 amide bonds. The molecule has 0 bridgehead atoms. The number of pyridine rings is 1. The fourth-order valence-corrected chi connectivity index (χ4v) is 1.92. The molecule has 0 aliphatic rings. The predicted molar refractivity (Wildman–Crippen MR) is 79.5 cm³/mol. The molecule has 0 aliphatic heterocycles. The molecular weight excluding hydrogens is 282 g/mol. The van der Waals surface area contributed by atoms with Gasteiger partial charge in [0.2, 0.25) is 18.2 Å². The van der Waals surface area contributed by atoms with Crippen molar-refractivity contribution in [2.75, 3.05) is 6.61 Å². The average Bonchev–Trinajstić information content (AvgIpc) is 3.09. The van der Waals surface area contributed by atoms with Gasteiger partial charge in [0.25, 0.3) is 0 Å². The van der Waals surface area contributed by atoms with Gasteiger partial charge in [0.05, 0.1) is 12.3 Å². The maximum Gasteiger partial charge on any atom is 0.247 e. The lowest BCUT2D eigenvalue weighted by Gasteiger charge is -2.07. The quantitative estimate of drug-likeness (QED) is 0.696. The summed E-state index contributed by atoms with van der Waals surface area (Å²) in [6.45, 7) is 2.89. The molecule has 22 heavy (non-hydrogen) atoms. The number of benzene rings is 1. The molecule has 0 spiro atoms. The molecule has 0 saturated heterocycles. The van der Waals surface area contributed by atoms with Crippen molar-refractivity contribution in [3.05, 3.63) is 54.6 Å². The Kier molecular flexibility index (Phi) is 4.29. The third-order valence-electron chi connectivity index (χ3n) is 2.92. The Morgan fingerprint density at radius 1 is 1.05 bits per heavy atom. The summed E-state index contributed by atoms with van der Waals surface area (Å²) in [7, 11) is 0. The van der Waals surface area contributed by atoms with Crippen LogP contribution in [-0.4, -0.2) is 21.8 Å².